The maximum absolute atomic E-state index is 12.1. The van der Waals surface area contributed by atoms with Crippen LogP contribution in [0.25, 0.3) is 0 Å². The summed E-state index contributed by atoms with van der Waals surface area (Å²) in [6.07, 6.45) is 7.35. The second kappa shape index (κ2) is 9.07. The predicted molar refractivity (Wildman–Crippen MR) is 94.0 cm³/mol. The van der Waals surface area contributed by atoms with Crippen LogP contribution in [0.4, 0.5) is 0 Å². The van der Waals surface area contributed by atoms with Crippen LogP contribution in [0.5, 0.6) is 0 Å². The van der Waals surface area contributed by atoms with Crippen LogP contribution in [0.1, 0.15) is 57.9 Å². The molecule has 4 atom stereocenters. The minimum atomic E-state index is -0.459. The highest BCUT2D eigenvalue weighted by atomic mass is 16.5. The van der Waals surface area contributed by atoms with Crippen molar-refractivity contribution >= 4 is 5.97 Å². The molecule has 0 spiro atoms. The zero-order valence-corrected chi connectivity index (χ0v) is 14.5. The standard InChI is InChI=1S/C20H31NO2/c1-3-4-12-18-15(2)23-20(22)19(21)13-8-11-17(18)14-16-9-6-5-7-10-16/h5-7,9-10,15,17-19H,3-4,8,11-14,21H2,1-2H3/t15-,17+,18-,19-/m0/s1. The van der Waals surface area contributed by atoms with Gasteiger partial charge in [0.15, 0.2) is 0 Å². The second-order valence-corrected chi connectivity index (χ2v) is 6.94. The summed E-state index contributed by atoms with van der Waals surface area (Å²) in [6.45, 7) is 4.27. The molecule has 1 aliphatic heterocycles. The molecule has 0 unspecified atom stereocenters. The molecule has 0 radical (unpaired) electrons. The Morgan fingerprint density at radius 1 is 1.22 bits per heavy atom. The molecule has 0 aliphatic carbocycles. The summed E-state index contributed by atoms with van der Waals surface area (Å²) >= 11 is 0. The molecule has 1 aromatic carbocycles. The molecule has 3 heteroatoms. The maximum atomic E-state index is 12.1. The van der Waals surface area contributed by atoms with Gasteiger partial charge in [0, 0.05) is 0 Å². The monoisotopic (exact) mass is 317 g/mol. The van der Waals surface area contributed by atoms with Crippen LogP contribution in [0.3, 0.4) is 0 Å². The lowest BCUT2D eigenvalue weighted by atomic mass is 9.78. The fraction of sp³-hybridized carbons (Fsp3) is 0.650. The fourth-order valence-electron chi connectivity index (χ4n) is 3.75. The first-order chi connectivity index (χ1) is 11.1. The maximum Gasteiger partial charge on any atom is 0.323 e. The van der Waals surface area contributed by atoms with Crippen LogP contribution >= 0.6 is 0 Å². The molecule has 1 aromatic rings. The minimum Gasteiger partial charge on any atom is -0.461 e. The zero-order chi connectivity index (χ0) is 16.7. The molecule has 0 amide bonds. The van der Waals surface area contributed by atoms with Gasteiger partial charge in [0.25, 0.3) is 0 Å². The molecule has 1 saturated heterocycles. The Labute approximate surface area is 140 Å². The van der Waals surface area contributed by atoms with E-state index in [1.165, 1.54) is 18.4 Å². The number of nitrogens with two attached hydrogens (primary N) is 1. The third-order valence-corrected chi connectivity index (χ3v) is 5.14. The number of rotatable bonds is 5. The van der Waals surface area contributed by atoms with E-state index in [1.54, 1.807) is 0 Å². The van der Waals surface area contributed by atoms with E-state index in [9.17, 15) is 4.79 Å². The Hall–Kier alpha value is -1.35. The first kappa shape index (κ1) is 18.0. The molecule has 2 N–H and O–H groups in total. The van der Waals surface area contributed by atoms with Crippen LogP contribution in [0, 0.1) is 11.8 Å². The highest BCUT2D eigenvalue weighted by Crippen LogP contribution is 2.33. The van der Waals surface area contributed by atoms with Crippen molar-refractivity contribution in [2.45, 2.75) is 70.9 Å². The zero-order valence-electron chi connectivity index (χ0n) is 14.5. The Morgan fingerprint density at radius 3 is 2.65 bits per heavy atom. The molecule has 1 fully saturated rings. The van der Waals surface area contributed by atoms with E-state index in [0.29, 0.717) is 11.8 Å². The van der Waals surface area contributed by atoms with Crippen molar-refractivity contribution in [1.82, 2.24) is 0 Å². The third kappa shape index (κ3) is 5.35. The molecule has 2 rings (SSSR count). The normalized spacial score (nSPS) is 29.3. The largest absolute Gasteiger partial charge is 0.461 e. The lowest BCUT2D eigenvalue weighted by molar-refractivity contribution is -0.153. The van der Waals surface area contributed by atoms with Gasteiger partial charge >= 0.3 is 5.97 Å². The van der Waals surface area contributed by atoms with Gasteiger partial charge in [0.1, 0.15) is 12.1 Å². The van der Waals surface area contributed by atoms with Crippen LogP contribution in [0.15, 0.2) is 30.3 Å². The summed E-state index contributed by atoms with van der Waals surface area (Å²) in [5.41, 5.74) is 7.32. The molecular formula is C20H31NO2. The summed E-state index contributed by atoms with van der Waals surface area (Å²) in [5.74, 6) is 0.751. The number of esters is 1. The topological polar surface area (TPSA) is 52.3 Å². The first-order valence-corrected chi connectivity index (χ1v) is 9.11. The van der Waals surface area contributed by atoms with E-state index in [1.807, 2.05) is 6.92 Å². The summed E-state index contributed by atoms with van der Waals surface area (Å²) < 4.78 is 5.70. The number of carbonyl (C=O) groups is 1. The van der Waals surface area contributed by atoms with Crippen molar-refractivity contribution in [3.05, 3.63) is 35.9 Å². The number of benzene rings is 1. The van der Waals surface area contributed by atoms with Gasteiger partial charge in [-0.15, -0.1) is 0 Å². The lowest BCUT2D eigenvalue weighted by Gasteiger charge is -2.31. The average Bonchev–Trinajstić information content (AvgIpc) is 2.59. The van der Waals surface area contributed by atoms with Gasteiger partial charge in [-0.25, -0.2) is 0 Å². The van der Waals surface area contributed by atoms with Gasteiger partial charge < -0.3 is 10.5 Å². The van der Waals surface area contributed by atoms with Gasteiger partial charge in [-0.05, 0) is 50.0 Å². The number of unbranched alkanes of at least 4 members (excludes halogenated alkanes) is 1. The highest BCUT2D eigenvalue weighted by Gasteiger charge is 2.32. The number of hydrogen-bond donors (Lipinski definition) is 1. The fourth-order valence-corrected chi connectivity index (χ4v) is 3.75. The predicted octanol–water partition coefficient (Wildman–Crippen LogP) is 4.09. The highest BCUT2D eigenvalue weighted by molar-refractivity contribution is 5.75. The van der Waals surface area contributed by atoms with E-state index in [0.717, 1.165) is 32.1 Å². The van der Waals surface area contributed by atoms with Crippen LogP contribution in [-0.2, 0) is 16.0 Å². The van der Waals surface area contributed by atoms with E-state index in [-0.39, 0.29) is 12.1 Å². The average molecular weight is 317 g/mol. The van der Waals surface area contributed by atoms with Crippen molar-refractivity contribution in [3.63, 3.8) is 0 Å². The van der Waals surface area contributed by atoms with E-state index in [2.05, 4.69) is 37.3 Å². The summed E-state index contributed by atoms with van der Waals surface area (Å²) in [6, 6.07) is 10.2. The first-order valence-electron chi connectivity index (χ1n) is 9.11. The van der Waals surface area contributed by atoms with Gasteiger partial charge in [-0.2, -0.15) is 0 Å². The molecule has 23 heavy (non-hydrogen) atoms. The minimum absolute atomic E-state index is 0.0492. The number of ether oxygens (including phenoxy) is 1. The molecule has 0 saturated carbocycles. The molecule has 1 heterocycles. The van der Waals surface area contributed by atoms with E-state index >= 15 is 0 Å². The number of hydrogen-bond acceptors (Lipinski definition) is 3. The molecule has 128 valence electrons. The molecule has 3 nitrogen and oxygen atoms in total. The van der Waals surface area contributed by atoms with Crippen molar-refractivity contribution in [1.29, 1.82) is 0 Å². The number of carbonyl (C=O) groups excluding carboxylic acids is 1. The van der Waals surface area contributed by atoms with E-state index in [4.69, 9.17) is 10.5 Å². The summed E-state index contributed by atoms with van der Waals surface area (Å²) in [5, 5.41) is 0. The Kier molecular flexibility index (Phi) is 7.10. The Balaban J connectivity index is 2.16. The van der Waals surface area contributed by atoms with Crippen LogP contribution < -0.4 is 5.73 Å². The SMILES string of the molecule is CCCC[C@@H]1[C@@H](Cc2ccccc2)CCC[C@H](N)C(=O)O[C@H]1C. The Bertz CT molecular complexity index is 474. The van der Waals surface area contributed by atoms with Crippen molar-refractivity contribution in [3.8, 4) is 0 Å². The van der Waals surface area contributed by atoms with Gasteiger partial charge in [-0.3, -0.25) is 4.79 Å². The third-order valence-electron chi connectivity index (χ3n) is 5.14. The molecule has 0 bridgehead atoms. The second-order valence-electron chi connectivity index (χ2n) is 6.94. The quantitative estimate of drug-likeness (QED) is 0.832. The summed E-state index contributed by atoms with van der Waals surface area (Å²) in [4.78, 5) is 12.1. The van der Waals surface area contributed by atoms with Gasteiger partial charge in [0.2, 0.25) is 0 Å². The van der Waals surface area contributed by atoms with Crippen molar-refractivity contribution in [2.24, 2.45) is 17.6 Å². The van der Waals surface area contributed by atoms with E-state index < -0.39 is 6.04 Å². The van der Waals surface area contributed by atoms with Crippen molar-refractivity contribution < 1.29 is 9.53 Å². The van der Waals surface area contributed by atoms with Gasteiger partial charge in [-0.1, -0.05) is 56.5 Å². The molecule has 1 aliphatic rings. The Morgan fingerprint density at radius 2 is 1.96 bits per heavy atom. The van der Waals surface area contributed by atoms with Crippen LogP contribution in [0.2, 0.25) is 0 Å². The van der Waals surface area contributed by atoms with Gasteiger partial charge in [0.05, 0.1) is 0 Å². The number of cyclic esters (lactones) is 1. The van der Waals surface area contributed by atoms with Crippen LogP contribution in [-0.4, -0.2) is 18.1 Å². The molecule has 0 aromatic heterocycles. The lowest BCUT2D eigenvalue weighted by Crippen LogP contribution is -2.36. The summed E-state index contributed by atoms with van der Waals surface area (Å²) in [7, 11) is 0. The molecular weight excluding hydrogens is 286 g/mol. The smallest absolute Gasteiger partial charge is 0.323 e. The van der Waals surface area contributed by atoms with Crippen molar-refractivity contribution in [2.75, 3.05) is 0 Å².